The zero-order valence-corrected chi connectivity index (χ0v) is 18.4. The molecule has 152 valence electrons. The minimum Gasteiger partial charge on any atom is -0.325 e. The normalized spacial score (nSPS) is 16.2. The molecule has 1 unspecified atom stereocenters. The Hall–Kier alpha value is -2.03. The Morgan fingerprint density at radius 3 is 2.83 bits per heavy atom. The first-order valence-electron chi connectivity index (χ1n) is 9.04. The largest absolute Gasteiger partial charge is 0.325 e. The van der Waals surface area contributed by atoms with Crippen molar-refractivity contribution in [2.75, 3.05) is 11.1 Å². The van der Waals surface area contributed by atoms with Crippen molar-refractivity contribution in [3.05, 3.63) is 44.8 Å². The molecule has 10 heteroatoms. The number of carbonyl (C=O) groups is 1. The molecule has 1 atom stereocenters. The quantitative estimate of drug-likeness (QED) is 0.599. The number of amides is 1. The van der Waals surface area contributed by atoms with Crippen LogP contribution in [0.3, 0.4) is 0 Å². The van der Waals surface area contributed by atoms with Crippen LogP contribution in [0.4, 0.5) is 5.69 Å². The lowest BCUT2D eigenvalue weighted by Crippen LogP contribution is -2.29. The highest BCUT2D eigenvalue weighted by Gasteiger charge is 2.30. The Balaban J connectivity index is 1.62. The van der Waals surface area contributed by atoms with Crippen LogP contribution in [0.15, 0.2) is 34.3 Å². The van der Waals surface area contributed by atoms with Crippen LogP contribution in [0, 0.1) is 0 Å². The molecule has 1 amide bonds. The summed E-state index contributed by atoms with van der Waals surface area (Å²) in [6.45, 7) is 6.02. The first kappa shape index (κ1) is 20.3. The van der Waals surface area contributed by atoms with Crippen molar-refractivity contribution in [2.24, 2.45) is 0 Å². The number of fused-ring (bicyclic) bond motifs is 2. The van der Waals surface area contributed by atoms with Gasteiger partial charge in [0.1, 0.15) is 5.39 Å². The van der Waals surface area contributed by atoms with Gasteiger partial charge in [-0.05, 0) is 32.9 Å². The van der Waals surface area contributed by atoms with E-state index in [1.165, 1.54) is 11.8 Å². The van der Waals surface area contributed by atoms with Gasteiger partial charge < -0.3 is 5.32 Å². The van der Waals surface area contributed by atoms with E-state index in [1.807, 2.05) is 20.8 Å². The lowest BCUT2D eigenvalue weighted by molar-refractivity contribution is -0.116. The SMILES string of the molecule is CC(C)(C)n1ncc2c(=O)n3c(nc21)SCC3CC(=O)Nc1cccc(Cl)c1Cl. The molecule has 1 aliphatic rings. The molecule has 0 bridgehead atoms. The first-order chi connectivity index (χ1) is 13.7. The molecule has 0 spiro atoms. The van der Waals surface area contributed by atoms with Gasteiger partial charge in [0.05, 0.1) is 33.5 Å². The Labute approximate surface area is 181 Å². The fourth-order valence-electron chi connectivity index (χ4n) is 3.29. The predicted molar refractivity (Wildman–Crippen MR) is 116 cm³/mol. The topological polar surface area (TPSA) is 81.8 Å². The van der Waals surface area contributed by atoms with E-state index in [4.69, 9.17) is 23.2 Å². The Bertz CT molecular complexity index is 1180. The number of aromatic nitrogens is 4. The number of hydrogen-bond donors (Lipinski definition) is 1. The summed E-state index contributed by atoms with van der Waals surface area (Å²) in [7, 11) is 0. The van der Waals surface area contributed by atoms with Gasteiger partial charge in [-0.25, -0.2) is 9.67 Å². The smallest absolute Gasteiger partial charge is 0.265 e. The van der Waals surface area contributed by atoms with Crippen molar-refractivity contribution in [3.8, 4) is 0 Å². The van der Waals surface area contributed by atoms with Gasteiger partial charge in [-0.2, -0.15) is 5.10 Å². The molecule has 2 aromatic heterocycles. The van der Waals surface area contributed by atoms with E-state index in [1.54, 1.807) is 33.6 Å². The van der Waals surface area contributed by atoms with Gasteiger partial charge in [-0.1, -0.05) is 41.0 Å². The third-order valence-electron chi connectivity index (χ3n) is 4.65. The fourth-order valence-corrected chi connectivity index (χ4v) is 4.77. The molecule has 29 heavy (non-hydrogen) atoms. The van der Waals surface area contributed by atoms with E-state index in [9.17, 15) is 9.59 Å². The van der Waals surface area contributed by atoms with Crippen LogP contribution in [0.1, 0.15) is 33.2 Å². The number of rotatable bonds is 3. The highest BCUT2D eigenvalue weighted by atomic mass is 35.5. The van der Waals surface area contributed by atoms with Crippen molar-refractivity contribution in [2.45, 2.75) is 43.9 Å². The summed E-state index contributed by atoms with van der Waals surface area (Å²) in [4.78, 5) is 30.3. The van der Waals surface area contributed by atoms with Gasteiger partial charge in [0.25, 0.3) is 5.56 Å². The molecule has 0 radical (unpaired) electrons. The molecule has 0 aliphatic carbocycles. The van der Waals surface area contributed by atoms with E-state index >= 15 is 0 Å². The maximum atomic E-state index is 13.1. The molecule has 0 fully saturated rings. The molecular formula is C19H19Cl2N5O2S. The average Bonchev–Trinajstić information content (AvgIpc) is 3.24. The summed E-state index contributed by atoms with van der Waals surface area (Å²) in [6, 6.07) is 4.75. The number of carbonyl (C=O) groups excluding carboxylic acids is 1. The molecule has 4 rings (SSSR count). The van der Waals surface area contributed by atoms with Crippen molar-refractivity contribution in [1.82, 2.24) is 19.3 Å². The van der Waals surface area contributed by atoms with Gasteiger partial charge >= 0.3 is 0 Å². The van der Waals surface area contributed by atoms with Crippen molar-refractivity contribution >= 4 is 57.6 Å². The molecular weight excluding hydrogens is 433 g/mol. The van der Waals surface area contributed by atoms with Crippen LogP contribution < -0.4 is 10.9 Å². The van der Waals surface area contributed by atoms with E-state index in [2.05, 4.69) is 15.4 Å². The van der Waals surface area contributed by atoms with E-state index in [0.717, 1.165) is 0 Å². The monoisotopic (exact) mass is 451 g/mol. The summed E-state index contributed by atoms with van der Waals surface area (Å²) in [5, 5.41) is 8.84. The van der Waals surface area contributed by atoms with Crippen molar-refractivity contribution in [1.29, 1.82) is 0 Å². The average molecular weight is 452 g/mol. The van der Waals surface area contributed by atoms with Gasteiger partial charge in [-0.15, -0.1) is 0 Å². The summed E-state index contributed by atoms with van der Waals surface area (Å²) in [5.74, 6) is 0.346. The Morgan fingerprint density at radius 1 is 1.34 bits per heavy atom. The summed E-state index contributed by atoms with van der Waals surface area (Å²) in [5.41, 5.74) is 0.544. The molecule has 7 nitrogen and oxygen atoms in total. The van der Waals surface area contributed by atoms with Crippen LogP contribution in [-0.4, -0.2) is 31.0 Å². The number of hydrogen-bond acceptors (Lipinski definition) is 5. The number of nitrogens with one attached hydrogen (secondary N) is 1. The lowest BCUT2D eigenvalue weighted by atomic mass is 10.1. The van der Waals surface area contributed by atoms with Gasteiger partial charge in [-0.3, -0.25) is 14.2 Å². The van der Waals surface area contributed by atoms with Gasteiger partial charge in [0.2, 0.25) is 5.91 Å². The maximum absolute atomic E-state index is 13.1. The van der Waals surface area contributed by atoms with Gasteiger partial charge in [0, 0.05) is 12.2 Å². The molecule has 1 aliphatic heterocycles. The van der Waals surface area contributed by atoms with Crippen LogP contribution >= 0.6 is 35.0 Å². The van der Waals surface area contributed by atoms with Crippen molar-refractivity contribution in [3.63, 3.8) is 0 Å². The number of benzene rings is 1. The fraction of sp³-hybridized carbons (Fsp3) is 0.368. The molecule has 3 heterocycles. The molecule has 3 aromatic rings. The minimum atomic E-state index is -0.296. The summed E-state index contributed by atoms with van der Waals surface area (Å²) < 4.78 is 3.35. The molecule has 0 saturated heterocycles. The predicted octanol–water partition coefficient (Wildman–Crippen LogP) is 4.33. The van der Waals surface area contributed by atoms with E-state index < -0.39 is 0 Å². The van der Waals surface area contributed by atoms with Crippen LogP contribution in [0.5, 0.6) is 0 Å². The summed E-state index contributed by atoms with van der Waals surface area (Å²) >= 11 is 13.6. The highest BCUT2D eigenvalue weighted by Crippen LogP contribution is 2.35. The van der Waals surface area contributed by atoms with E-state index in [-0.39, 0.29) is 29.5 Å². The number of halogens is 2. The van der Waals surface area contributed by atoms with Crippen LogP contribution in [0.25, 0.3) is 11.0 Å². The second-order valence-corrected chi connectivity index (χ2v) is 9.62. The van der Waals surface area contributed by atoms with Crippen LogP contribution in [-0.2, 0) is 10.3 Å². The number of anilines is 1. The highest BCUT2D eigenvalue weighted by molar-refractivity contribution is 7.99. The van der Waals surface area contributed by atoms with Gasteiger partial charge in [0.15, 0.2) is 10.8 Å². The van der Waals surface area contributed by atoms with Crippen LogP contribution in [0.2, 0.25) is 10.0 Å². The zero-order valence-electron chi connectivity index (χ0n) is 16.1. The third kappa shape index (κ3) is 3.65. The summed E-state index contributed by atoms with van der Waals surface area (Å²) in [6.07, 6.45) is 1.68. The molecule has 0 saturated carbocycles. The van der Waals surface area contributed by atoms with Crippen molar-refractivity contribution < 1.29 is 4.79 Å². The van der Waals surface area contributed by atoms with E-state index in [0.29, 0.717) is 37.7 Å². The Kier molecular flexibility index (Phi) is 5.13. The lowest BCUT2D eigenvalue weighted by Gasteiger charge is -2.20. The number of thioether (sulfide) groups is 1. The second-order valence-electron chi connectivity index (χ2n) is 7.85. The minimum absolute atomic E-state index is 0.128. The maximum Gasteiger partial charge on any atom is 0.265 e. The second kappa shape index (κ2) is 7.34. The molecule has 1 N–H and O–H groups in total. The third-order valence-corrected chi connectivity index (χ3v) is 6.57. The standard InChI is InChI=1S/C19H19Cl2N5O2S/c1-19(2,3)26-16-11(8-22-26)17(28)25-10(9-29-18(25)24-16)7-14(27)23-13-6-4-5-12(20)15(13)21/h4-6,8,10H,7,9H2,1-3H3,(H,23,27). The first-order valence-corrected chi connectivity index (χ1v) is 10.8. The zero-order chi connectivity index (χ0) is 20.9. The molecule has 1 aromatic carbocycles. The Morgan fingerprint density at radius 2 is 2.10 bits per heavy atom. The number of nitrogens with zero attached hydrogens (tertiary/aromatic N) is 4.